The molecule has 1 aliphatic rings. The van der Waals surface area contributed by atoms with E-state index >= 15 is 0 Å². The number of rotatable bonds is 1. The fourth-order valence-electron chi connectivity index (χ4n) is 1.87. The molecule has 1 atom stereocenters. The van der Waals surface area contributed by atoms with Gasteiger partial charge in [0, 0.05) is 24.8 Å². The molecule has 0 saturated carbocycles. The van der Waals surface area contributed by atoms with Gasteiger partial charge in [-0.3, -0.25) is 0 Å². The molecule has 1 aliphatic heterocycles. The molecule has 0 amide bonds. The van der Waals surface area contributed by atoms with Crippen molar-refractivity contribution in [3.63, 3.8) is 0 Å². The van der Waals surface area contributed by atoms with Crippen LogP contribution in [0, 0.1) is 6.92 Å². The monoisotopic (exact) mass is 193 g/mol. The van der Waals surface area contributed by atoms with Crippen LogP contribution in [0.2, 0.25) is 0 Å². The van der Waals surface area contributed by atoms with Crippen LogP contribution >= 0.6 is 0 Å². The van der Waals surface area contributed by atoms with Gasteiger partial charge in [-0.2, -0.15) is 0 Å². The normalized spacial score (nSPS) is 22.4. The highest BCUT2D eigenvalue weighted by atomic mass is 16.3. The largest absolute Gasteiger partial charge is 0.391 e. The summed E-state index contributed by atoms with van der Waals surface area (Å²) in [5.41, 5.74) is 1.07. The smallest absolute Gasteiger partial charge is 0.134 e. The van der Waals surface area contributed by atoms with Gasteiger partial charge in [-0.25, -0.2) is 9.97 Å². The van der Waals surface area contributed by atoms with E-state index in [1.165, 1.54) is 0 Å². The predicted molar refractivity (Wildman–Crippen MR) is 54.2 cm³/mol. The summed E-state index contributed by atoms with van der Waals surface area (Å²) in [6, 6.07) is 0. The number of β-amino-alcohol motifs (C(OH)–C–C–N with tert-alkyl or cyclic N) is 1. The van der Waals surface area contributed by atoms with Crippen molar-refractivity contribution < 1.29 is 5.11 Å². The number of anilines is 1. The van der Waals surface area contributed by atoms with Crippen LogP contribution in [0.15, 0.2) is 12.5 Å². The second-order valence-corrected chi connectivity index (χ2v) is 3.77. The van der Waals surface area contributed by atoms with Crippen molar-refractivity contribution in [2.24, 2.45) is 0 Å². The molecule has 2 heterocycles. The van der Waals surface area contributed by atoms with Crippen LogP contribution in [0.3, 0.4) is 0 Å². The van der Waals surface area contributed by atoms with Gasteiger partial charge in [0.2, 0.25) is 0 Å². The Morgan fingerprint density at radius 2 is 2.43 bits per heavy atom. The van der Waals surface area contributed by atoms with Gasteiger partial charge in [-0.1, -0.05) is 0 Å². The Balaban J connectivity index is 2.18. The number of aliphatic hydroxyl groups is 1. The first-order valence-corrected chi connectivity index (χ1v) is 4.97. The zero-order chi connectivity index (χ0) is 9.97. The molecule has 4 nitrogen and oxygen atoms in total. The van der Waals surface area contributed by atoms with E-state index < -0.39 is 0 Å². The van der Waals surface area contributed by atoms with E-state index in [1.54, 1.807) is 6.33 Å². The van der Waals surface area contributed by atoms with Crippen molar-refractivity contribution in [1.82, 2.24) is 9.97 Å². The second-order valence-electron chi connectivity index (χ2n) is 3.77. The number of hydrogen-bond acceptors (Lipinski definition) is 4. The third-order valence-corrected chi connectivity index (χ3v) is 2.56. The van der Waals surface area contributed by atoms with E-state index in [-0.39, 0.29) is 6.10 Å². The van der Waals surface area contributed by atoms with Gasteiger partial charge < -0.3 is 10.0 Å². The Hall–Kier alpha value is -1.16. The maximum atomic E-state index is 9.55. The van der Waals surface area contributed by atoms with Crippen molar-refractivity contribution in [2.75, 3.05) is 18.0 Å². The molecule has 1 saturated heterocycles. The van der Waals surface area contributed by atoms with E-state index in [9.17, 15) is 5.11 Å². The number of aromatic nitrogens is 2. The number of hydrogen-bond donors (Lipinski definition) is 1. The summed E-state index contributed by atoms with van der Waals surface area (Å²) in [5.74, 6) is 0.957. The van der Waals surface area contributed by atoms with Gasteiger partial charge >= 0.3 is 0 Å². The molecule has 1 N–H and O–H groups in total. The molecule has 1 fully saturated rings. The summed E-state index contributed by atoms with van der Waals surface area (Å²) in [7, 11) is 0. The van der Waals surface area contributed by atoms with Gasteiger partial charge in [0.15, 0.2) is 0 Å². The topological polar surface area (TPSA) is 49.2 Å². The molecule has 0 aromatic carbocycles. The summed E-state index contributed by atoms with van der Waals surface area (Å²) in [4.78, 5) is 10.3. The highest BCUT2D eigenvalue weighted by molar-refractivity contribution is 5.44. The van der Waals surface area contributed by atoms with Gasteiger partial charge in [-0.15, -0.1) is 0 Å². The van der Waals surface area contributed by atoms with Crippen LogP contribution in [-0.2, 0) is 0 Å². The molecule has 0 bridgehead atoms. The predicted octanol–water partition coefficient (Wildman–Crippen LogP) is 0.746. The minimum Gasteiger partial charge on any atom is -0.391 e. The van der Waals surface area contributed by atoms with Crippen LogP contribution in [-0.4, -0.2) is 34.3 Å². The molecular formula is C10H15N3O. The Bertz CT molecular complexity index is 316. The Labute approximate surface area is 83.6 Å². The second kappa shape index (κ2) is 3.92. The number of nitrogens with zero attached hydrogens (tertiary/aromatic N) is 3. The molecular weight excluding hydrogens is 178 g/mol. The van der Waals surface area contributed by atoms with Crippen molar-refractivity contribution in [1.29, 1.82) is 0 Å². The number of aryl methyl sites for hydroxylation is 1. The molecule has 0 spiro atoms. The lowest BCUT2D eigenvalue weighted by atomic mass is 10.1. The molecule has 0 radical (unpaired) electrons. The minimum absolute atomic E-state index is 0.210. The summed E-state index contributed by atoms with van der Waals surface area (Å²) >= 11 is 0. The van der Waals surface area contributed by atoms with E-state index in [2.05, 4.69) is 14.9 Å². The molecule has 0 unspecified atom stereocenters. The summed E-state index contributed by atoms with van der Waals surface area (Å²) in [6.07, 6.45) is 5.09. The third kappa shape index (κ3) is 1.85. The third-order valence-electron chi connectivity index (χ3n) is 2.56. The summed E-state index contributed by atoms with van der Waals surface area (Å²) in [5, 5.41) is 9.55. The highest BCUT2D eigenvalue weighted by Crippen LogP contribution is 2.19. The molecule has 1 aromatic heterocycles. The zero-order valence-corrected chi connectivity index (χ0v) is 8.35. The van der Waals surface area contributed by atoms with Gasteiger partial charge in [-0.05, 0) is 19.8 Å². The van der Waals surface area contributed by atoms with E-state index in [4.69, 9.17) is 0 Å². The maximum absolute atomic E-state index is 9.55. The first-order chi connectivity index (χ1) is 6.77. The average Bonchev–Trinajstić information content (AvgIpc) is 2.18. The van der Waals surface area contributed by atoms with Crippen LogP contribution < -0.4 is 4.90 Å². The Morgan fingerprint density at radius 1 is 1.57 bits per heavy atom. The fourth-order valence-corrected chi connectivity index (χ4v) is 1.87. The van der Waals surface area contributed by atoms with Crippen LogP contribution in [0.5, 0.6) is 0 Å². The number of aliphatic hydroxyl groups excluding tert-OH is 1. The van der Waals surface area contributed by atoms with Crippen LogP contribution in [0.1, 0.15) is 18.4 Å². The van der Waals surface area contributed by atoms with Crippen LogP contribution in [0.25, 0.3) is 0 Å². The Morgan fingerprint density at radius 3 is 3.14 bits per heavy atom. The van der Waals surface area contributed by atoms with Gasteiger partial charge in [0.25, 0.3) is 0 Å². The van der Waals surface area contributed by atoms with Crippen molar-refractivity contribution in [3.8, 4) is 0 Å². The Kier molecular flexibility index (Phi) is 2.63. The van der Waals surface area contributed by atoms with E-state index in [0.717, 1.165) is 30.8 Å². The van der Waals surface area contributed by atoms with Crippen molar-refractivity contribution >= 4 is 5.82 Å². The quantitative estimate of drug-likeness (QED) is 0.715. The first kappa shape index (κ1) is 9.40. The lowest BCUT2D eigenvalue weighted by Gasteiger charge is -2.31. The zero-order valence-electron chi connectivity index (χ0n) is 8.35. The molecule has 2 rings (SSSR count). The molecule has 14 heavy (non-hydrogen) atoms. The van der Waals surface area contributed by atoms with Gasteiger partial charge in [0.05, 0.1) is 6.10 Å². The van der Waals surface area contributed by atoms with Crippen LogP contribution in [0.4, 0.5) is 5.82 Å². The average molecular weight is 193 g/mol. The highest BCUT2D eigenvalue weighted by Gasteiger charge is 2.19. The SMILES string of the molecule is Cc1cncnc1N1CCC[C@@H](O)C1. The first-order valence-electron chi connectivity index (χ1n) is 4.97. The van der Waals surface area contributed by atoms with Crippen molar-refractivity contribution in [2.45, 2.75) is 25.9 Å². The molecule has 0 aliphatic carbocycles. The molecule has 76 valence electrons. The molecule has 4 heteroatoms. The fraction of sp³-hybridized carbons (Fsp3) is 0.600. The standard InChI is InChI=1S/C10H15N3O/c1-8-5-11-7-12-10(8)13-4-2-3-9(14)6-13/h5,7,9,14H,2-4,6H2,1H3/t9-/m1/s1. The van der Waals surface area contributed by atoms with E-state index in [0.29, 0.717) is 6.54 Å². The molecule has 1 aromatic rings. The maximum Gasteiger partial charge on any atom is 0.134 e. The van der Waals surface area contributed by atoms with Crippen molar-refractivity contribution in [3.05, 3.63) is 18.1 Å². The summed E-state index contributed by atoms with van der Waals surface area (Å²) < 4.78 is 0. The van der Waals surface area contributed by atoms with Gasteiger partial charge in [0.1, 0.15) is 12.1 Å². The lowest BCUT2D eigenvalue weighted by Crippen LogP contribution is -2.39. The minimum atomic E-state index is -0.210. The van der Waals surface area contributed by atoms with E-state index in [1.807, 2.05) is 13.1 Å². The summed E-state index contributed by atoms with van der Waals surface area (Å²) in [6.45, 7) is 3.67. The lowest BCUT2D eigenvalue weighted by molar-refractivity contribution is 0.154. The number of piperidine rings is 1.